The quantitative estimate of drug-likeness (QED) is 0.845. The number of fused-ring (bicyclic) bond motifs is 2. The molecule has 150 valence electrons. The molecule has 6 heteroatoms. The fourth-order valence-electron chi connectivity index (χ4n) is 5.51. The molecule has 2 N–H and O–H groups in total. The van der Waals surface area contributed by atoms with E-state index in [0.717, 1.165) is 50.0 Å². The number of anilines is 1. The number of nitriles is 1. The van der Waals surface area contributed by atoms with Crippen LogP contribution in [0.25, 0.3) is 11.1 Å². The molecule has 0 bridgehead atoms. The summed E-state index contributed by atoms with van der Waals surface area (Å²) in [5, 5.41) is 16.0. The summed E-state index contributed by atoms with van der Waals surface area (Å²) in [7, 11) is 0. The monoisotopic (exact) mass is 389 g/mol. The number of nitrogens with zero attached hydrogens (tertiary/aromatic N) is 3. The zero-order valence-corrected chi connectivity index (χ0v) is 17.0. The van der Waals surface area contributed by atoms with Gasteiger partial charge in [0, 0.05) is 29.9 Å². The molecule has 6 nitrogen and oxygen atoms in total. The van der Waals surface area contributed by atoms with Gasteiger partial charge >= 0.3 is 0 Å². The van der Waals surface area contributed by atoms with Crippen LogP contribution in [0.2, 0.25) is 0 Å². The number of amides is 1. The predicted octanol–water partition coefficient (Wildman–Crippen LogP) is 3.19. The van der Waals surface area contributed by atoms with Crippen molar-refractivity contribution >= 4 is 11.7 Å². The van der Waals surface area contributed by atoms with Gasteiger partial charge in [-0.15, -0.1) is 0 Å². The second-order valence-electron chi connectivity index (χ2n) is 9.69. The van der Waals surface area contributed by atoms with E-state index in [0.29, 0.717) is 23.3 Å². The largest absolute Gasteiger partial charge is 0.335 e. The van der Waals surface area contributed by atoms with E-state index >= 15 is 0 Å². The van der Waals surface area contributed by atoms with Crippen LogP contribution in [0.5, 0.6) is 0 Å². The maximum absolute atomic E-state index is 12.8. The summed E-state index contributed by atoms with van der Waals surface area (Å²) in [6.07, 6.45) is 4.62. The highest BCUT2D eigenvalue weighted by atomic mass is 16.1. The first-order chi connectivity index (χ1) is 13.9. The van der Waals surface area contributed by atoms with Crippen LogP contribution in [-0.2, 0) is 17.8 Å². The first-order valence-corrected chi connectivity index (χ1v) is 10.5. The van der Waals surface area contributed by atoms with Crippen LogP contribution in [0.4, 0.5) is 5.82 Å². The van der Waals surface area contributed by atoms with Gasteiger partial charge in [-0.2, -0.15) is 5.26 Å². The third kappa shape index (κ3) is 3.24. The number of hydrogen-bond donors (Lipinski definition) is 2. The Bertz CT molecular complexity index is 1000. The van der Waals surface area contributed by atoms with Gasteiger partial charge in [0.2, 0.25) is 5.91 Å². The van der Waals surface area contributed by atoms with Crippen LogP contribution in [-0.4, -0.2) is 28.5 Å². The van der Waals surface area contributed by atoms with Crippen molar-refractivity contribution < 1.29 is 4.79 Å². The van der Waals surface area contributed by atoms with E-state index in [2.05, 4.69) is 40.1 Å². The van der Waals surface area contributed by atoms with Gasteiger partial charge in [0.25, 0.3) is 0 Å². The number of hydrogen-bond acceptors (Lipinski definition) is 4. The molecule has 3 atom stereocenters. The molecular weight excluding hydrogens is 362 g/mol. The first kappa shape index (κ1) is 18.4. The molecule has 0 radical (unpaired) electrons. The van der Waals surface area contributed by atoms with E-state index in [1.807, 2.05) is 18.2 Å². The van der Waals surface area contributed by atoms with E-state index in [-0.39, 0.29) is 17.2 Å². The molecule has 5 rings (SSSR count). The molecule has 3 aliphatic rings. The molecule has 2 aromatic heterocycles. The van der Waals surface area contributed by atoms with Gasteiger partial charge in [-0.25, -0.2) is 4.98 Å². The lowest BCUT2D eigenvalue weighted by Gasteiger charge is -2.15. The fourth-order valence-corrected chi connectivity index (χ4v) is 5.51. The highest BCUT2D eigenvalue weighted by Gasteiger charge is 2.40. The summed E-state index contributed by atoms with van der Waals surface area (Å²) in [4.78, 5) is 17.2. The number of carbonyl (C=O) groups excluding carboxylic acids is 1. The SMILES string of the molecule is CC1(C)Cc2c(-c3ccnc(NC(=O)C4C[C@H]5CNC[C@H]5C4)c3)cc(C#N)n2C1. The summed E-state index contributed by atoms with van der Waals surface area (Å²) in [6.45, 7) is 7.41. The Labute approximate surface area is 171 Å². The van der Waals surface area contributed by atoms with Crippen molar-refractivity contribution in [2.45, 2.75) is 39.7 Å². The summed E-state index contributed by atoms with van der Waals surface area (Å²) >= 11 is 0. The Morgan fingerprint density at radius 3 is 2.79 bits per heavy atom. The standard InChI is InChI=1S/C23H27N5O/c1-23(2)9-20-19(8-18(10-24)28(20)13-23)14-3-4-26-21(7-14)27-22(29)15-5-16-11-25-12-17(16)6-15/h3-4,7-8,15-17,25H,5-6,9,11-13H2,1-2H3,(H,26,27,29)/t15?,16-,17+. The average Bonchev–Trinajstić information content (AvgIpc) is 3.40. The zero-order valence-electron chi connectivity index (χ0n) is 17.0. The highest BCUT2D eigenvalue weighted by molar-refractivity contribution is 5.92. The molecule has 1 unspecified atom stereocenters. The Hall–Kier alpha value is -2.65. The first-order valence-electron chi connectivity index (χ1n) is 10.5. The summed E-state index contributed by atoms with van der Waals surface area (Å²) in [5.41, 5.74) is 4.13. The Balaban J connectivity index is 1.38. The van der Waals surface area contributed by atoms with Crippen molar-refractivity contribution in [1.29, 1.82) is 5.26 Å². The minimum Gasteiger partial charge on any atom is -0.335 e. The topological polar surface area (TPSA) is 82.7 Å². The summed E-state index contributed by atoms with van der Waals surface area (Å²) < 4.78 is 2.14. The van der Waals surface area contributed by atoms with Crippen molar-refractivity contribution in [1.82, 2.24) is 14.9 Å². The van der Waals surface area contributed by atoms with Gasteiger partial charge < -0.3 is 15.2 Å². The molecule has 0 aromatic carbocycles. The third-order valence-electron chi connectivity index (χ3n) is 6.90. The molecule has 2 aromatic rings. The van der Waals surface area contributed by atoms with Gasteiger partial charge in [0.05, 0.1) is 0 Å². The molecule has 2 aliphatic heterocycles. The smallest absolute Gasteiger partial charge is 0.228 e. The van der Waals surface area contributed by atoms with E-state index in [4.69, 9.17) is 0 Å². The molecular formula is C23H27N5O. The molecule has 29 heavy (non-hydrogen) atoms. The van der Waals surface area contributed by atoms with E-state index < -0.39 is 0 Å². The Kier molecular flexibility index (Phi) is 4.25. The normalized spacial score (nSPS) is 26.7. The Morgan fingerprint density at radius 1 is 1.31 bits per heavy atom. The van der Waals surface area contributed by atoms with Gasteiger partial charge in [-0.3, -0.25) is 4.79 Å². The molecule has 2 fully saturated rings. The maximum atomic E-state index is 12.8. The van der Waals surface area contributed by atoms with Gasteiger partial charge in [-0.1, -0.05) is 13.8 Å². The summed E-state index contributed by atoms with van der Waals surface area (Å²) in [6, 6.07) is 8.20. The number of aromatic nitrogens is 2. The van der Waals surface area contributed by atoms with Crippen LogP contribution >= 0.6 is 0 Å². The summed E-state index contributed by atoms with van der Waals surface area (Å²) in [5.74, 6) is 2.05. The molecule has 1 aliphatic carbocycles. The number of carbonyl (C=O) groups is 1. The maximum Gasteiger partial charge on any atom is 0.228 e. The fraction of sp³-hybridized carbons (Fsp3) is 0.522. The molecule has 0 spiro atoms. The second kappa shape index (κ2) is 6.70. The average molecular weight is 390 g/mol. The second-order valence-corrected chi connectivity index (χ2v) is 9.69. The van der Waals surface area contributed by atoms with E-state index in [9.17, 15) is 10.1 Å². The molecule has 4 heterocycles. The Morgan fingerprint density at radius 2 is 2.07 bits per heavy atom. The van der Waals surface area contributed by atoms with Crippen LogP contribution in [0.3, 0.4) is 0 Å². The van der Waals surface area contributed by atoms with Crippen molar-refractivity contribution in [3.8, 4) is 17.2 Å². The van der Waals surface area contributed by atoms with Crippen molar-refractivity contribution in [3.05, 3.63) is 35.8 Å². The zero-order chi connectivity index (χ0) is 20.2. The molecule has 1 amide bonds. The van der Waals surface area contributed by atoms with Gasteiger partial charge in [0.15, 0.2) is 0 Å². The number of pyridine rings is 1. The van der Waals surface area contributed by atoms with Gasteiger partial charge in [-0.05, 0) is 73.4 Å². The minimum atomic E-state index is 0.0854. The van der Waals surface area contributed by atoms with E-state index in [1.54, 1.807) is 6.20 Å². The van der Waals surface area contributed by atoms with Crippen LogP contribution in [0.1, 0.15) is 38.1 Å². The van der Waals surface area contributed by atoms with Crippen LogP contribution in [0.15, 0.2) is 24.4 Å². The number of rotatable bonds is 3. The molecule has 1 saturated heterocycles. The lowest BCUT2D eigenvalue weighted by molar-refractivity contribution is -0.119. The minimum absolute atomic E-state index is 0.0854. The van der Waals surface area contributed by atoms with E-state index in [1.165, 1.54) is 5.69 Å². The highest BCUT2D eigenvalue weighted by Crippen LogP contribution is 2.41. The predicted molar refractivity (Wildman–Crippen MR) is 111 cm³/mol. The lowest BCUT2D eigenvalue weighted by atomic mass is 9.89. The molecule has 1 saturated carbocycles. The number of nitrogens with one attached hydrogen (secondary N) is 2. The van der Waals surface area contributed by atoms with Crippen molar-refractivity contribution in [3.63, 3.8) is 0 Å². The lowest BCUT2D eigenvalue weighted by Crippen LogP contribution is -2.23. The van der Waals surface area contributed by atoms with Crippen molar-refractivity contribution in [2.75, 3.05) is 18.4 Å². The van der Waals surface area contributed by atoms with Crippen LogP contribution in [0, 0.1) is 34.5 Å². The van der Waals surface area contributed by atoms with Gasteiger partial charge in [0.1, 0.15) is 17.6 Å². The van der Waals surface area contributed by atoms with Crippen LogP contribution < -0.4 is 10.6 Å². The third-order valence-corrected chi connectivity index (χ3v) is 6.90. The van der Waals surface area contributed by atoms with Crippen molar-refractivity contribution in [2.24, 2.45) is 23.2 Å².